The van der Waals surface area contributed by atoms with E-state index < -0.39 is 22.0 Å². The van der Waals surface area contributed by atoms with Gasteiger partial charge in [-0.05, 0) is 36.8 Å². The Hall–Kier alpha value is -2.82. The van der Waals surface area contributed by atoms with Gasteiger partial charge in [0.2, 0.25) is 10.0 Å². The van der Waals surface area contributed by atoms with Crippen molar-refractivity contribution in [2.45, 2.75) is 18.4 Å². The van der Waals surface area contributed by atoms with Crippen LogP contribution in [0.3, 0.4) is 0 Å². The molecule has 1 heterocycles. The van der Waals surface area contributed by atoms with Crippen LogP contribution in [0.4, 0.5) is 4.39 Å². The molecular formula is C20H23FN2O6S. The zero-order chi connectivity index (χ0) is 22.3. The quantitative estimate of drug-likeness (QED) is 0.700. The second-order valence-corrected chi connectivity index (χ2v) is 8.67. The highest BCUT2D eigenvalue weighted by Gasteiger charge is 2.28. The maximum atomic E-state index is 12.9. The molecule has 0 aromatic heterocycles. The number of hydrogen-bond donors (Lipinski definition) is 2. The van der Waals surface area contributed by atoms with E-state index in [2.05, 4.69) is 4.90 Å². The lowest BCUT2D eigenvalue weighted by Gasteiger charge is -2.34. The number of hydrogen-bond acceptors (Lipinski definition) is 5. The van der Waals surface area contributed by atoms with E-state index in [1.807, 2.05) is 19.1 Å². The molecule has 10 heteroatoms. The summed E-state index contributed by atoms with van der Waals surface area (Å²) in [6, 6.07) is 13.4. The number of sulfonamides is 1. The van der Waals surface area contributed by atoms with Gasteiger partial charge in [0.15, 0.2) is 0 Å². The Morgan fingerprint density at radius 2 is 1.40 bits per heavy atom. The molecule has 0 atom stereocenters. The summed E-state index contributed by atoms with van der Waals surface area (Å²) < 4.78 is 39.8. The van der Waals surface area contributed by atoms with Gasteiger partial charge in [-0.15, -0.1) is 0 Å². The van der Waals surface area contributed by atoms with Crippen LogP contribution >= 0.6 is 0 Å². The largest absolute Gasteiger partial charge is 0.473 e. The summed E-state index contributed by atoms with van der Waals surface area (Å²) in [7, 11) is -3.42. The number of carboxylic acid groups (broad SMARTS) is 2. The summed E-state index contributed by atoms with van der Waals surface area (Å²) in [5.41, 5.74) is 2.07. The average molecular weight is 438 g/mol. The van der Waals surface area contributed by atoms with E-state index >= 15 is 0 Å². The fraction of sp³-hybridized carbons (Fsp3) is 0.300. The van der Waals surface area contributed by atoms with Crippen molar-refractivity contribution in [1.82, 2.24) is 9.21 Å². The number of halogens is 1. The van der Waals surface area contributed by atoms with Crippen LogP contribution < -0.4 is 0 Å². The van der Waals surface area contributed by atoms with Crippen LogP contribution in [0.1, 0.15) is 11.1 Å². The average Bonchev–Trinajstić information content (AvgIpc) is 2.71. The molecule has 8 nitrogen and oxygen atoms in total. The van der Waals surface area contributed by atoms with E-state index in [4.69, 9.17) is 19.8 Å². The highest BCUT2D eigenvalue weighted by molar-refractivity contribution is 7.89. The summed E-state index contributed by atoms with van der Waals surface area (Å²) in [6.07, 6.45) is 0. The molecule has 0 bridgehead atoms. The van der Waals surface area contributed by atoms with E-state index in [0.717, 1.165) is 11.1 Å². The van der Waals surface area contributed by atoms with Crippen molar-refractivity contribution in [3.8, 4) is 0 Å². The van der Waals surface area contributed by atoms with Crippen molar-refractivity contribution in [2.75, 3.05) is 26.2 Å². The van der Waals surface area contributed by atoms with Crippen molar-refractivity contribution in [2.24, 2.45) is 0 Å². The monoisotopic (exact) mass is 438 g/mol. The first-order chi connectivity index (χ1) is 14.1. The molecule has 1 aliphatic heterocycles. The van der Waals surface area contributed by atoms with Gasteiger partial charge in [-0.2, -0.15) is 4.31 Å². The van der Waals surface area contributed by atoms with Crippen molar-refractivity contribution < 1.29 is 32.6 Å². The molecule has 1 fully saturated rings. The maximum absolute atomic E-state index is 12.9. The lowest BCUT2D eigenvalue weighted by Crippen LogP contribution is -2.48. The number of benzene rings is 2. The smallest absolute Gasteiger partial charge is 0.414 e. The first kappa shape index (κ1) is 23.5. The summed E-state index contributed by atoms with van der Waals surface area (Å²) in [6.45, 7) is 4.92. The summed E-state index contributed by atoms with van der Waals surface area (Å²) in [4.78, 5) is 20.7. The molecule has 2 aromatic rings. The standard InChI is InChI=1S/C18H21FN2O2S.C2H2O4/c1-15-2-8-18(9-3-15)24(22,23)21-12-10-20(11-13-21)14-16-4-6-17(19)7-5-16;3-1(4)2(5)6/h2-9H,10-14H2,1H3;(H,3,4)(H,5,6). The zero-order valence-electron chi connectivity index (χ0n) is 16.4. The third kappa shape index (κ3) is 6.61. The van der Waals surface area contributed by atoms with Crippen LogP contribution in [0.2, 0.25) is 0 Å². The van der Waals surface area contributed by atoms with Gasteiger partial charge >= 0.3 is 11.9 Å². The van der Waals surface area contributed by atoms with Gasteiger partial charge in [-0.25, -0.2) is 22.4 Å². The van der Waals surface area contributed by atoms with E-state index in [1.54, 1.807) is 28.6 Å². The fourth-order valence-electron chi connectivity index (χ4n) is 2.84. The minimum atomic E-state index is -3.42. The van der Waals surface area contributed by atoms with Crippen molar-refractivity contribution in [1.29, 1.82) is 0 Å². The number of rotatable bonds is 4. The van der Waals surface area contributed by atoms with Crippen LogP contribution in [-0.2, 0) is 26.2 Å². The van der Waals surface area contributed by atoms with Crippen LogP contribution in [-0.4, -0.2) is 66.0 Å². The van der Waals surface area contributed by atoms with Gasteiger partial charge in [0.05, 0.1) is 4.90 Å². The first-order valence-electron chi connectivity index (χ1n) is 9.09. The Balaban J connectivity index is 0.000000469. The predicted molar refractivity (Wildman–Crippen MR) is 107 cm³/mol. The summed E-state index contributed by atoms with van der Waals surface area (Å²) in [5, 5.41) is 14.8. The predicted octanol–water partition coefficient (Wildman–Crippen LogP) is 1.80. The van der Waals surface area contributed by atoms with Crippen LogP contribution in [0, 0.1) is 12.7 Å². The highest BCUT2D eigenvalue weighted by atomic mass is 32.2. The Morgan fingerprint density at radius 3 is 1.87 bits per heavy atom. The van der Waals surface area contributed by atoms with Crippen molar-refractivity contribution >= 4 is 22.0 Å². The lowest BCUT2D eigenvalue weighted by molar-refractivity contribution is -0.159. The highest BCUT2D eigenvalue weighted by Crippen LogP contribution is 2.19. The number of piperazine rings is 1. The second-order valence-electron chi connectivity index (χ2n) is 6.73. The van der Waals surface area contributed by atoms with E-state index in [1.165, 1.54) is 12.1 Å². The molecule has 0 unspecified atom stereocenters. The number of aliphatic carboxylic acids is 2. The van der Waals surface area contributed by atoms with Crippen molar-refractivity contribution in [3.63, 3.8) is 0 Å². The van der Waals surface area contributed by atoms with Crippen LogP contribution in [0.25, 0.3) is 0 Å². The Bertz CT molecular complexity index is 957. The molecule has 2 N–H and O–H groups in total. The van der Waals surface area contributed by atoms with Gasteiger partial charge in [-0.3, -0.25) is 4.90 Å². The Labute approximate surface area is 174 Å². The molecule has 2 aromatic carbocycles. The van der Waals surface area contributed by atoms with Crippen molar-refractivity contribution in [3.05, 3.63) is 65.5 Å². The second kappa shape index (κ2) is 10.3. The number of carboxylic acids is 2. The third-order valence-electron chi connectivity index (χ3n) is 4.49. The zero-order valence-corrected chi connectivity index (χ0v) is 17.2. The molecule has 1 saturated heterocycles. The van der Waals surface area contributed by atoms with Crippen LogP contribution in [0.15, 0.2) is 53.4 Å². The van der Waals surface area contributed by atoms with Crippen LogP contribution in [0.5, 0.6) is 0 Å². The molecule has 0 saturated carbocycles. The van der Waals surface area contributed by atoms with Gasteiger partial charge in [-0.1, -0.05) is 29.8 Å². The fourth-order valence-corrected chi connectivity index (χ4v) is 4.26. The Morgan fingerprint density at radius 1 is 0.900 bits per heavy atom. The molecule has 0 radical (unpaired) electrons. The minimum absolute atomic E-state index is 0.243. The van der Waals surface area contributed by atoms with Gasteiger partial charge in [0.25, 0.3) is 0 Å². The molecule has 0 spiro atoms. The Kier molecular flexibility index (Phi) is 8.04. The topological polar surface area (TPSA) is 115 Å². The van der Waals surface area contributed by atoms with Gasteiger partial charge in [0.1, 0.15) is 5.82 Å². The SMILES string of the molecule is Cc1ccc(S(=O)(=O)N2CCN(Cc3ccc(F)cc3)CC2)cc1.O=C(O)C(=O)O. The van der Waals surface area contributed by atoms with Gasteiger partial charge in [0, 0.05) is 32.7 Å². The number of carbonyl (C=O) groups is 2. The van der Waals surface area contributed by atoms with E-state index in [-0.39, 0.29) is 5.82 Å². The van der Waals surface area contributed by atoms with E-state index in [0.29, 0.717) is 37.6 Å². The third-order valence-corrected chi connectivity index (χ3v) is 6.41. The molecule has 162 valence electrons. The molecule has 30 heavy (non-hydrogen) atoms. The number of aryl methyl sites for hydroxylation is 1. The first-order valence-corrected chi connectivity index (χ1v) is 10.5. The maximum Gasteiger partial charge on any atom is 0.414 e. The normalized spacial score (nSPS) is 15.1. The lowest BCUT2D eigenvalue weighted by atomic mass is 10.2. The van der Waals surface area contributed by atoms with E-state index in [9.17, 15) is 12.8 Å². The molecule has 3 rings (SSSR count). The minimum Gasteiger partial charge on any atom is -0.473 e. The summed E-state index contributed by atoms with van der Waals surface area (Å²) in [5.74, 6) is -3.89. The summed E-state index contributed by atoms with van der Waals surface area (Å²) >= 11 is 0. The number of nitrogens with zero attached hydrogens (tertiary/aromatic N) is 2. The molecule has 0 amide bonds. The molecular weight excluding hydrogens is 415 g/mol. The molecule has 0 aliphatic carbocycles. The molecule has 1 aliphatic rings. The van der Waals surface area contributed by atoms with Gasteiger partial charge < -0.3 is 10.2 Å².